The third kappa shape index (κ3) is 2.58. The van der Waals surface area contributed by atoms with Gasteiger partial charge in [0, 0.05) is 18.0 Å². The van der Waals surface area contributed by atoms with Crippen LogP contribution in [0.2, 0.25) is 0 Å². The van der Waals surface area contributed by atoms with E-state index in [2.05, 4.69) is 5.10 Å². The summed E-state index contributed by atoms with van der Waals surface area (Å²) in [5.41, 5.74) is 2.29. The number of aromatic nitrogens is 2. The molecule has 0 fully saturated rings. The average Bonchev–Trinajstić information content (AvgIpc) is 2.81. The summed E-state index contributed by atoms with van der Waals surface area (Å²) < 4.78 is 1.55. The van der Waals surface area contributed by atoms with Crippen molar-refractivity contribution in [2.75, 3.05) is 6.61 Å². The second-order valence-corrected chi connectivity index (χ2v) is 5.47. The van der Waals surface area contributed by atoms with Crippen LogP contribution in [0.25, 0.3) is 11.3 Å². The van der Waals surface area contributed by atoms with Crippen molar-refractivity contribution in [3.8, 4) is 11.3 Å². The summed E-state index contributed by atoms with van der Waals surface area (Å²) in [5, 5.41) is 22.4. The number of carboxylic acids is 1. The quantitative estimate of drug-likeness (QED) is 0.894. The van der Waals surface area contributed by atoms with Crippen molar-refractivity contribution < 1.29 is 15.0 Å². The summed E-state index contributed by atoms with van der Waals surface area (Å²) in [6.07, 6.45) is 0. The normalized spacial score (nSPS) is 11.6. The molecule has 0 radical (unpaired) electrons. The molecule has 0 saturated carbocycles. The molecular formula is C15H18N2O3. The summed E-state index contributed by atoms with van der Waals surface area (Å²) in [5.74, 6) is -1.04. The van der Waals surface area contributed by atoms with E-state index in [1.165, 1.54) is 0 Å². The van der Waals surface area contributed by atoms with Crippen LogP contribution in [0.3, 0.4) is 0 Å². The number of rotatable bonds is 4. The van der Waals surface area contributed by atoms with Crippen LogP contribution in [0.15, 0.2) is 30.3 Å². The van der Waals surface area contributed by atoms with E-state index < -0.39 is 5.97 Å². The summed E-state index contributed by atoms with van der Waals surface area (Å²) in [7, 11) is 1.71. The van der Waals surface area contributed by atoms with Crippen LogP contribution in [0, 0.1) is 0 Å². The fourth-order valence-electron chi connectivity index (χ4n) is 2.03. The molecule has 5 nitrogen and oxygen atoms in total. The molecule has 0 atom stereocenters. The van der Waals surface area contributed by atoms with Gasteiger partial charge in [0.25, 0.3) is 0 Å². The zero-order chi connectivity index (χ0) is 14.9. The number of aliphatic hydroxyl groups excluding tert-OH is 1. The zero-order valence-electron chi connectivity index (χ0n) is 11.8. The number of aryl methyl sites for hydroxylation is 1. The molecule has 1 heterocycles. The van der Waals surface area contributed by atoms with Crippen molar-refractivity contribution in [2.45, 2.75) is 19.3 Å². The largest absolute Gasteiger partial charge is 0.476 e. The highest BCUT2D eigenvalue weighted by Crippen LogP contribution is 2.27. The van der Waals surface area contributed by atoms with E-state index >= 15 is 0 Å². The summed E-state index contributed by atoms with van der Waals surface area (Å²) in [6, 6.07) is 9.26. The van der Waals surface area contributed by atoms with Gasteiger partial charge in [-0.15, -0.1) is 0 Å². The second kappa shape index (κ2) is 5.09. The van der Waals surface area contributed by atoms with Crippen LogP contribution in [0.5, 0.6) is 0 Å². The molecule has 0 unspecified atom stereocenters. The Bertz CT molecular complexity index is 644. The van der Waals surface area contributed by atoms with Gasteiger partial charge in [-0.3, -0.25) is 4.68 Å². The minimum Gasteiger partial charge on any atom is -0.476 e. The van der Waals surface area contributed by atoms with Gasteiger partial charge in [0.2, 0.25) is 0 Å². The maximum absolute atomic E-state index is 11.0. The number of carboxylic acid groups (broad SMARTS) is 1. The molecular weight excluding hydrogens is 256 g/mol. The van der Waals surface area contributed by atoms with Crippen LogP contribution in [-0.2, 0) is 12.5 Å². The number of hydrogen-bond donors (Lipinski definition) is 2. The Kier molecular flexibility index (Phi) is 3.63. The lowest BCUT2D eigenvalue weighted by atomic mass is 9.84. The van der Waals surface area contributed by atoms with Crippen molar-refractivity contribution in [3.63, 3.8) is 0 Å². The van der Waals surface area contributed by atoms with Crippen molar-refractivity contribution >= 4 is 5.97 Å². The van der Waals surface area contributed by atoms with Crippen LogP contribution >= 0.6 is 0 Å². The standard InChI is InChI=1S/C15H18N2O3/c1-15(2,9-18)11-6-4-5-10(7-11)13-8-12(14(19)20)16-17(13)3/h4-8,18H,9H2,1-3H3,(H,19,20). The average molecular weight is 274 g/mol. The molecule has 5 heteroatoms. The van der Waals surface area contributed by atoms with Crippen LogP contribution < -0.4 is 0 Å². The molecule has 0 aliphatic carbocycles. The van der Waals surface area contributed by atoms with Crippen LogP contribution in [0.4, 0.5) is 0 Å². The zero-order valence-corrected chi connectivity index (χ0v) is 11.8. The highest BCUT2D eigenvalue weighted by atomic mass is 16.4. The van der Waals surface area contributed by atoms with Gasteiger partial charge in [0.15, 0.2) is 5.69 Å². The lowest BCUT2D eigenvalue weighted by Crippen LogP contribution is -2.21. The van der Waals surface area contributed by atoms with Crippen molar-refractivity contribution in [2.24, 2.45) is 7.05 Å². The molecule has 0 bridgehead atoms. The van der Waals surface area contributed by atoms with E-state index in [0.717, 1.165) is 16.8 Å². The molecule has 1 aromatic heterocycles. The van der Waals surface area contributed by atoms with Gasteiger partial charge >= 0.3 is 5.97 Å². The van der Waals surface area contributed by atoms with Crippen molar-refractivity contribution in [3.05, 3.63) is 41.6 Å². The second-order valence-electron chi connectivity index (χ2n) is 5.47. The van der Waals surface area contributed by atoms with E-state index in [0.29, 0.717) is 0 Å². The Morgan fingerprint density at radius 3 is 2.60 bits per heavy atom. The minimum atomic E-state index is -1.04. The van der Waals surface area contributed by atoms with Crippen LogP contribution in [-0.4, -0.2) is 32.6 Å². The first-order chi connectivity index (χ1) is 9.35. The lowest BCUT2D eigenvalue weighted by Gasteiger charge is -2.22. The van der Waals surface area contributed by atoms with E-state index in [1.807, 2.05) is 38.1 Å². The molecule has 0 aliphatic rings. The predicted octanol–water partition coefficient (Wildman–Crippen LogP) is 2.06. The third-order valence-corrected chi connectivity index (χ3v) is 3.43. The number of carbonyl (C=O) groups is 1. The number of hydrogen-bond acceptors (Lipinski definition) is 3. The lowest BCUT2D eigenvalue weighted by molar-refractivity contribution is 0.0689. The van der Waals surface area contributed by atoms with E-state index in [4.69, 9.17) is 5.11 Å². The molecule has 1 aromatic carbocycles. The molecule has 0 aliphatic heterocycles. The van der Waals surface area contributed by atoms with Gasteiger partial charge in [-0.2, -0.15) is 5.10 Å². The SMILES string of the molecule is Cn1nc(C(=O)O)cc1-c1cccc(C(C)(C)CO)c1. The van der Waals surface area contributed by atoms with Gasteiger partial charge in [0.1, 0.15) is 0 Å². The molecule has 20 heavy (non-hydrogen) atoms. The first-order valence-corrected chi connectivity index (χ1v) is 6.34. The van der Waals surface area contributed by atoms with Crippen molar-refractivity contribution in [1.29, 1.82) is 0 Å². The summed E-state index contributed by atoms with van der Waals surface area (Å²) in [6.45, 7) is 3.96. The summed E-state index contributed by atoms with van der Waals surface area (Å²) >= 11 is 0. The maximum atomic E-state index is 11.0. The van der Waals surface area contributed by atoms with Gasteiger partial charge in [-0.1, -0.05) is 32.0 Å². The fraction of sp³-hybridized carbons (Fsp3) is 0.333. The number of aromatic carboxylic acids is 1. The number of benzene rings is 1. The Hall–Kier alpha value is -2.14. The molecule has 2 aromatic rings. The van der Waals surface area contributed by atoms with E-state index in [-0.39, 0.29) is 17.7 Å². The molecule has 2 N–H and O–H groups in total. The fourth-order valence-corrected chi connectivity index (χ4v) is 2.03. The molecule has 0 amide bonds. The number of nitrogens with zero attached hydrogens (tertiary/aromatic N) is 2. The Labute approximate surface area is 117 Å². The molecule has 106 valence electrons. The van der Waals surface area contributed by atoms with Gasteiger partial charge in [0.05, 0.1) is 12.3 Å². The first-order valence-electron chi connectivity index (χ1n) is 6.34. The maximum Gasteiger partial charge on any atom is 0.356 e. The predicted molar refractivity (Wildman–Crippen MR) is 75.7 cm³/mol. The smallest absolute Gasteiger partial charge is 0.356 e. The Balaban J connectivity index is 2.49. The van der Waals surface area contributed by atoms with Crippen LogP contribution in [0.1, 0.15) is 29.9 Å². The van der Waals surface area contributed by atoms with E-state index in [9.17, 15) is 9.90 Å². The van der Waals surface area contributed by atoms with Gasteiger partial charge in [-0.05, 0) is 17.7 Å². The Morgan fingerprint density at radius 2 is 2.05 bits per heavy atom. The van der Waals surface area contributed by atoms with E-state index in [1.54, 1.807) is 17.8 Å². The first kappa shape index (κ1) is 14.3. The molecule has 2 rings (SSSR count). The minimum absolute atomic E-state index is 0.0225. The summed E-state index contributed by atoms with van der Waals surface area (Å²) in [4.78, 5) is 11.0. The van der Waals surface area contributed by atoms with Gasteiger partial charge < -0.3 is 10.2 Å². The molecule has 0 saturated heterocycles. The molecule has 0 spiro atoms. The Morgan fingerprint density at radius 1 is 1.35 bits per heavy atom. The van der Waals surface area contributed by atoms with Crippen molar-refractivity contribution in [1.82, 2.24) is 9.78 Å². The van der Waals surface area contributed by atoms with Gasteiger partial charge in [-0.25, -0.2) is 4.79 Å². The third-order valence-electron chi connectivity index (χ3n) is 3.43. The highest BCUT2D eigenvalue weighted by molar-refractivity contribution is 5.87. The number of aliphatic hydroxyl groups is 1. The monoisotopic (exact) mass is 274 g/mol. The highest BCUT2D eigenvalue weighted by Gasteiger charge is 2.20. The topological polar surface area (TPSA) is 75.4 Å².